The van der Waals surface area contributed by atoms with Crippen LogP contribution in [-0.2, 0) is 11.3 Å². The van der Waals surface area contributed by atoms with Gasteiger partial charge < -0.3 is 10.1 Å². The fourth-order valence-electron chi connectivity index (χ4n) is 2.91. The van der Waals surface area contributed by atoms with Crippen LogP contribution in [0.4, 0.5) is 4.39 Å². The number of hydrogen-bond acceptors (Lipinski definition) is 4. The number of carbonyl (C=O) groups is 1. The van der Waals surface area contributed by atoms with E-state index in [1.807, 2.05) is 13.8 Å². The largest absolute Gasteiger partial charge is 0.496 e. The summed E-state index contributed by atoms with van der Waals surface area (Å²) in [4.78, 5) is 16.4. The van der Waals surface area contributed by atoms with E-state index in [1.54, 1.807) is 13.2 Å². The summed E-state index contributed by atoms with van der Waals surface area (Å²) in [6, 6.07) is 4.50. The van der Waals surface area contributed by atoms with Crippen molar-refractivity contribution in [2.24, 2.45) is 0 Å². The van der Waals surface area contributed by atoms with E-state index in [0.717, 1.165) is 31.7 Å². The number of halogens is 1. The molecule has 1 saturated heterocycles. The van der Waals surface area contributed by atoms with E-state index in [1.165, 1.54) is 12.1 Å². The maximum atomic E-state index is 13.4. The molecule has 2 rings (SSSR count). The Hall–Kier alpha value is -1.66. The summed E-state index contributed by atoms with van der Waals surface area (Å²) in [6.45, 7) is 8.54. The van der Waals surface area contributed by atoms with Gasteiger partial charge in [-0.25, -0.2) is 4.39 Å². The van der Waals surface area contributed by atoms with Crippen molar-refractivity contribution in [3.05, 3.63) is 29.6 Å². The maximum absolute atomic E-state index is 13.4. The molecular weight excluding hydrogens is 297 g/mol. The second kappa shape index (κ2) is 8.26. The van der Waals surface area contributed by atoms with Crippen LogP contribution in [0.25, 0.3) is 0 Å². The van der Waals surface area contributed by atoms with Crippen molar-refractivity contribution in [3.63, 3.8) is 0 Å². The van der Waals surface area contributed by atoms with Crippen LogP contribution in [0.2, 0.25) is 0 Å². The molecular formula is C17H26FN3O2. The number of amides is 1. The first-order chi connectivity index (χ1) is 11.0. The molecule has 0 radical (unpaired) electrons. The van der Waals surface area contributed by atoms with Gasteiger partial charge >= 0.3 is 0 Å². The van der Waals surface area contributed by atoms with Gasteiger partial charge in [-0.3, -0.25) is 14.6 Å². The van der Waals surface area contributed by atoms with Crippen LogP contribution in [0, 0.1) is 5.82 Å². The van der Waals surface area contributed by atoms with E-state index < -0.39 is 0 Å². The molecule has 0 unspecified atom stereocenters. The third-order valence-corrected chi connectivity index (χ3v) is 4.32. The molecule has 0 bridgehead atoms. The molecule has 128 valence electrons. The summed E-state index contributed by atoms with van der Waals surface area (Å²) in [7, 11) is 1.60. The second-order valence-electron chi connectivity index (χ2n) is 5.84. The van der Waals surface area contributed by atoms with Crippen molar-refractivity contribution < 1.29 is 13.9 Å². The number of piperazine rings is 1. The fourth-order valence-corrected chi connectivity index (χ4v) is 2.91. The third-order valence-electron chi connectivity index (χ3n) is 4.32. The molecule has 6 heteroatoms. The average Bonchev–Trinajstić information content (AvgIpc) is 2.55. The van der Waals surface area contributed by atoms with Gasteiger partial charge in [0.05, 0.1) is 13.2 Å². The molecule has 1 aliphatic heterocycles. The van der Waals surface area contributed by atoms with E-state index in [-0.39, 0.29) is 17.8 Å². The molecule has 1 aromatic rings. The van der Waals surface area contributed by atoms with E-state index in [9.17, 15) is 9.18 Å². The third kappa shape index (κ3) is 4.65. The number of nitrogens with one attached hydrogen (secondary N) is 1. The summed E-state index contributed by atoms with van der Waals surface area (Å²) in [5.41, 5.74) is 0.859. The molecule has 1 aromatic carbocycles. The molecule has 0 spiro atoms. The smallest absolute Gasteiger partial charge is 0.237 e. The summed E-state index contributed by atoms with van der Waals surface area (Å²) >= 11 is 0. The number of likely N-dealkylation sites (N-methyl/N-ethyl adjacent to an activating group) is 1. The highest BCUT2D eigenvalue weighted by atomic mass is 19.1. The summed E-state index contributed by atoms with van der Waals surface area (Å²) in [5, 5.41) is 2.86. The zero-order valence-electron chi connectivity index (χ0n) is 14.1. The number of rotatable bonds is 6. The quantitative estimate of drug-likeness (QED) is 0.861. The normalized spacial score (nSPS) is 17.7. The van der Waals surface area contributed by atoms with Crippen molar-refractivity contribution in [3.8, 4) is 5.75 Å². The lowest BCUT2D eigenvalue weighted by Gasteiger charge is -2.37. The van der Waals surface area contributed by atoms with E-state index in [4.69, 9.17) is 4.74 Å². The lowest BCUT2D eigenvalue weighted by atomic mass is 10.1. The Bertz CT molecular complexity index is 531. The lowest BCUT2D eigenvalue weighted by molar-refractivity contribution is -0.126. The molecule has 0 aliphatic carbocycles. The maximum Gasteiger partial charge on any atom is 0.237 e. The number of ether oxygens (including phenoxy) is 1. The van der Waals surface area contributed by atoms with Gasteiger partial charge in [-0.1, -0.05) is 0 Å². The Morgan fingerprint density at radius 2 is 2.04 bits per heavy atom. The Labute approximate surface area is 137 Å². The molecule has 1 fully saturated rings. The lowest BCUT2D eigenvalue weighted by Crippen LogP contribution is -2.53. The zero-order valence-corrected chi connectivity index (χ0v) is 14.1. The van der Waals surface area contributed by atoms with Crippen LogP contribution in [0.1, 0.15) is 19.4 Å². The first-order valence-electron chi connectivity index (χ1n) is 8.11. The Morgan fingerprint density at radius 3 is 2.65 bits per heavy atom. The van der Waals surface area contributed by atoms with Gasteiger partial charge in [0.15, 0.2) is 0 Å². The number of hydrogen-bond donors (Lipinski definition) is 1. The minimum absolute atomic E-state index is 0.0766. The highest BCUT2D eigenvalue weighted by molar-refractivity contribution is 5.81. The topological polar surface area (TPSA) is 44.8 Å². The highest BCUT2D eigenvalue weighted by Crippen LogP contribution is 2.22. The van der Waals surface area contributed by atoms with Crippen LogP contribution in [0.3, 0.4) is 0 Å². The van der Waals surface area contributed by atoms with Crippen molar-refractivity contribution in [1.82, 2.24) is 15.1 Å². The Morgan fingerprint density at radius 1 is 1.35 bits per heavy atom. The van der Waals surface area contributed by atoms with Crippen LogP contribution < -0.4 is 10.1 Å². The molecule has 5 nitrogen and oxygen atoms in total. The molecule has 0 aromatic heterocycles. The molecule has 0 saturated carbocycles. The number of nitrogens with zero attached hydrogens (tertiary/aromatic N) is 2. The first-order valence-corrected chi connectivity index (χ1v) is 8.11. The Balaban J connectivity index is 1.90. The highest BCUT2D eigenvalue weighted by Gasteiger charge is 2.25. The standard InChI is InChI=1S/C17H26FN3O2/c1-4-19-17(22)13(2)21-9-7-20(8-10-21)12-14-11-15(18)5-6-16(14)23-3/h5-6,11,13H,4,7-10,12H2,1-3H3,(H,19,22)/t13-/m1/s1. The minimum atomic E-state index is -0.246. The first kappa shape index (κ1) is 17.7. The monoisotopic (exact) mass is 323 g/mol. The van der Waals surface area contributed by atoms with Gasteiger partial charge in [0.2, 0.25) is 5.91 Å². The van der Waals surface area contributed by atoms with Gasteiger partial charge in [0, 0.05) is 44.8 Å². The van der Waals surface area contributed by atoms with Crippen molar-refractivity contribution in [2.75, 3.05) is 39.8 Å². The van der Waals surface area contributed by atoms with Crippen LogP contribution in [-0.4, -0.2) is 61.6 Å². The fraction of sp³-hybridized carbons (Fsp3) is 0.588. The second-order valence-corrected chi connectivity index (χ2v) is 5.84. The van der Waals surface area contributed by atoms with Gasteiger partial charge in [-0.15, -0.1) is 0 Å². The number of carbonyl (C=O) groups excluding carboxylic acids is 1. The van der Waals surface area contributed by atoms with Crippen molar-refractivity contribution >= 4 is 5.91 Å². The van der Waals surface area contributed by atoms with Gasteiger partial charge in [0.25, 0.3) is 0 Å². The zero-order chi connectivity index (χ0) is 16.8. The predicted molar refractivity (Wildman–Crippen MR) is 87.9 cm³/mol. The summed E-state index contributed by atoms with van der Waals surface area (Å²) in [5.74, 6) is 0.543. The van der Waals surface area contributed by atoms with Crippen molar-refractivity contribution in [1.29, 1.82) is 0 Å². The number of methoxy groups -OCH3 is 1. The molecule has 1 aliphatic rings. The molecule has 1 N–H and O–H groups in total. The molecule has 23 heavy (non-hydrogen) atoms. The SMILES string of the molecule is CCNC(=O)[C@@H](C)N1CCN(Cc2cc(F)ccc2OC)CC1. The summed E-state index contributed by atoms with van der Waals surface area (Å²) < 4.78 is 18.7. The van der Waals surface area contributed by atoms with E-state index in [2.05, 4.69) is 15.1 Å². The average molecular weight is 323 g/mol. The minimum Gasteiger partial charge on any atom is -0.496 e. The van der Waals surface area contributed by atoms with Gasteiger partial charge in [-0.05, 0) is 32.0 Å². The van der Waals surface area contributed by atoms with Crippen LogP contribution in [0.5, 0.6) is 5.75 Å². The Kier molecular flexibility index (Phi) is 6.36. The van der Waals surface area contributed by atoms with E-state index >= 15 is 0 Å². The summed E-state index contributed by atoms with van der Waals surface area (Å²) in [6.07, 6.45) is 0. The van der Waals surface area contributed by atoms with Gasteiger partial charge in [-0.2, -0.15) is 0 Å². The molecule has 1 atom stereocenters. The number of benzene rings is 1. The van der Waals surface area contributed by atoms with Crippen LogP contribution >= 0.6 is 0 Å². The van der Waals surface area contributed by atoms with E-state index in [0.29, 0.717) is 18.8 Å². The van der Waals surface area contributed by atoms with Gasteiger partial charge in [0.1, 0.15) is 11.6 Å². The predicted octanol–water partition coefficient (Wildman–Crippen LogP) is 1.48. The molecule has 1 heterocycles. The van der Waals surface area contributed by atoms with Crippen molar-refractivity contribution in [2.45, 2.75) is 26.4 Å². The van der Waals surface area contributed by atoms with Crippen LogP contribution in [0.15, 0.2) is 18.2 Å². The molecule has 1 amide bonds.